The highest BCUT2D eigenvalue weighted by atomic mass is 15.0. The molecule has 0 aliphatic rings. The summed E-state index contributed by atoms with van der Waals surface area (Å²) < 4.78 is 1.95. The van der Waals surface area contributed by atoms with Gasteiger partial charge in [-0.25, -0.2) is 9.97 Å². The SMILES string of the molecule is Cc1cc(-c2cn(C)cn2)cc2[nH]cnc12. The first-order chi connectivity index (χ1) is 7.74. The highest BCUT2D eigenvalue weighted by molar-refractivity contribution is 5.83. The monoisotopic (exact) mass is 212 g/mol. The number of hydrogen-bond acceptors (Lipinski definition) is 2. The van der Waals surface area contributed by atoms with Crippen molar-refractivity contribution in [3.63, 3.8) is 0 Å². The summed E-state index contributed by atoms with van der Waals surface area (Å²) in [4.78, 5) is 11.8. The second-order valence-electron chi connectivity index (χ2n) is 4.02. The summed E-state index contributed by atoms with van der Waals surface area (Å²) in [5, 5.41) is 0. The molecular weight excluding hydrogens is 200 g/mol. The van der Waals surface area contributed by atoms with Crippen molar-refractivity contribution in [2.45, 2.75) is 6.92 Å². The molecule has 0 spiro atoms. The van der Waals surface area contributed by atoms with Crippen LogP contribution in [0.2, 0.25) is 0 Å². The summed E-state index contributed by atoms with van der Waals surface area (Å²) in [6.07, 6.45) is 5.54. The lowest BCUT2D eigenvalue weighted by atomic mass is 10.1. The molecule has 0 bridgehead atoms. The average molecular weight is 212 g/mol. The Balaban J connectivity index is 2.24. The van der Waals surface area contributed by atoms with Gasteiger partial charge in [0, 0.05) is 18.8 Å². The number of nitrogens with zero attached hydrogens (tertiary/aromatic N) is 3. The molecule has 0 aliphatic carbocycles. The fourth-order valence-electron chi connectivity index (χ4n) is 1.94. The number of fused-ring (bicyclic) bond motifs is 1. The van der Waals surface area contributed by atoms with Crippen LogP contribution in [0.3, 0.4) is 0 Å². The van der Waals surface area contributed by atoms with Crippen molar-refractivity contribution < 1.29 is 0 Å². The van der Waals surface area contributed by atoms with Gasteiger partial charge >= 0.3 is 0 Å². The van der Waals surface area contributed by atoms with Crippen molar-refractivity contribution in [2.24, 2.45) is 7.05 Å². The molecular formula is C12H12N4. The molecule has 0 saturated carbocycles. The summed E-state index contributed by atoms with van der Waals surface area (Å²) in [5.41, 5.74) is 5.36. The van der Waals surface area contributed by atoms with E-state index in [1.165, 1.54) is 5.56 Å². The molecule has 16 heavy (non-hydrogen) atoms. The lowest BCUT2D eigenvalue weighted by molar-refractivity contribution is 0.913. The van der Waals surface area contributed by atoms with Crippen LogP contribution in [0.1, 0.15) is 5.56 Å². The van der Waals surface area contributed by atoms with Crippen molar-refractivity contribution in [2.75, 3.05) is 0 Å². The molecule has 0 aliphatic heterocycles. The quantitative estimate of drug-likeness (QED) is 0.672. The molecule has 3 rings (SSSR count). The number of aryl methyl sites for hydroxylation is 2. The van der Waals surface area contributed by atoms with Crippen LogP contribution in [0.25, 0.3) is 22.3 Å². The van der Waals surface area contributed by atoms with Crippen molar-refractivity contribution in [1.82, 2.24) is 19.5 Å². The van der Waals surface area contributed by atoms with Gasteiger partial charge in [-0.15, -0.1) is 0 Å². The molecule has 2 aromatic heterocycles. The van der Waals surface area contributed by atoms with Crippen LogP contribution in [0, 0.1) is 6.92 Å². The fraction of sp³-hybridized carbons (Fsp3) is 0.167. The zero-order valence-electron chi connectivity index (χ0n) is 9.23. The normalized spacial score (nSPS) is 11.1. The van der Waals surface area contributed by atoms with E-state index in [1.807, 2.05) is 24.1 Å². The number of aromatic nitrogens is 4. The highest BCUT2D eigenvalue weighted by Crippen LogP contribution is 2.24. The minimum absolute atomic E-state index is 0.988. The molecule has 80 valence electrons. The lowest BCUT2D eigenvalue weighted by Gasteiger charge is -2.00. The van der Waals surface area contributed by atoms with Gasteiger partial charge in [-0.3, -0.25) is 0 Å². The van der Waals surface area contributed by atoms with Gasteiger partial charge in [0.05, 0.1) is 29.4 Å². The predicted molar refractivity (Wildman–Crippen MR) is 63.0 cm³/mol. The van der Waals surface area contributed by atoms with Gasteiger partial charge in [-0.1, -0.05) is 0 Å². The molecule has 0 saturated heterocycles. The van der Waals surface area contributed by atoms with Crippen LogP contribution in [0.4, 0.5) is 0 Å². The zero-order chi connectivity index (χ0) is 11.1. The summed E-state index contributed by atoms with van der Waals surface area (Å²) in [6, 6.07) is 4.20. The molecule has 1 N–H and O–H groups in total. The van der Waals surface area contributed by atoms with Crippen LogP contribution < -0.4 is 0 Å². The predicted octanol–water partition coefficient (Wildman–Crippen LogP) is 2.27. The van der Waals surface area contributed by atoms with E-state index >= 15 is 0 Å². The Morgan fingerprint density at radius 1 is 1.25 bits per heavy atom. The molecule has 0 radical (unpaired) electrons. The Labute approximate surface area is 93.0 Å². The summed E-state index contributed by atoms with van der Waals surface area (Å²) in [6.45, 7) is 2.07. The number of aromatic amines is 1. The highest BCUT2D eigenvalue weighted by Gasteiger charge is 2.06. The van der Waals surface area contributed by atoms with Gasteiger partial charge in [-0.05, 0) is 24.6 Å². The smallest absolute Gasteiger partial charge is 0.0951 e. The Hall–Kier alpha value is -2.10. The van der Waals surface area contributed by atoms with Crippen LogP contribution >= 0.6 is 0 Å². The number of rotatable bonds is 1. The Kier molecular flexibility index (Phi) is 1.83. The maximum atomic E-state index is 4.35. The van der Waals surface area contributed by atoms with Gasteiger partial charge in [0.2, 0.25) is 0 Å². The third-order valence-electron chi connectivity index (χ3n) is 2.71. The van der Waals surface area contributed by atoms with E-state index in [2.05, 4.69) is 34.0 Å². The van der Waals surface area contributed by atoms with Gasteiger partial charge in [0.25, 0.3) is 0 Å². The molecule has 2 heterocycles. The molecule has 3 aromatic rings. The Bertz CT molecular complexity index is 648. The van der Waals surface area contributed by atoms with E-state index < -0.39 is 0 Å². The van der Waals surface area contributed by atoms with E-state index in [-0.39, 0.29) is 0 Å². The Morgan fingerprint density at radius 2 is 2.12 bits per heavy atom. The summed E-state index contributed by atoms with van der Waals surface area (Å²) in [7, 11) is 1.97. The van der Waals surface area contributed by atoms with Gasteiger partial charge < -0.3 is 9.55 Å². The van der Waals surface area contributed by atoms with E-state index in [0.29, 0.717) is 0 Å². The minimum atomic E-state index is 0.988. The third kappa shape index (κ3) is 1.31. The minimum Gasteiger partial charge on any atom is -0.345 e. The number of H-pyrrole nitrogens is 1. The third-order valence-corrected chi connectivity index (χ3v) is 2.71. The van der Waals surface area contributed by atoms with Crippen molar-refractivity contribution >= 4 is 11.0 Å². The molecule has 0 unspecified atom stereocenters. The number of imidazole rings is 2. The maximum Gasteiger partial charge on any atom is 0.0951 e. The van der Waals surface area contributed by atoms with Crippen LogP contribution in [-0.2, 0) is 7.05 Å². The van der Waals surface area contributed by atoms with Crippen molar-refractivity contribution in [3.05, 3.63) is 36.5 Å². The molecule has 4 nitrogen and oxygen atoms in total. The van der Waals surface area contributed by atoms with E-state index in [4.69, 9.17) is 0 Å². The molecule has 1 aromatic carbocycles. The standard InChI is InChI=1S/C12H12N4/c1-8-3-9(11-5-16(2)7-15-11)4-10-12(8)14-6-13-10/h3-7H,1-2H3,(H,13,14). The Morgan fingerprint density at radius 3 is 2.88 bits per heavy atom. The fourth-order valence-corrected chi connectivity index (χ4v) is 1.94. The second-order valence-corrected chi connectivity index (χ2v) is 4.02. The molecule has 0 amide bonds. The zero-order valence-corrected chi connectivity index (χ0v) is 9.23. The molecule has 0 atom stereocenters. The second kappa shape index (κ2) is 3.20. The number of nitrogens with one attached hydrogen (secondary N) is 1. The number of hydrogen-bond donors (Lipinski definition) is 1. The van der Waals surface area contributed by atoms with Crippen LogP contribution in [0.5, 0.6) is 0 Å². The van der Waals surface area contributed by atoms with Gasteiger partial charge in [0.1, 0.15) is 0 Å². The van der Waals surface area contributed by atoms with E-state index in [9.17, 15) is 0 Å². The molecule has 4 heteroatoms. The van der Waals surface area contributed by atoms with Crippen LogP contribution in [-0.4, -0.2) is 19.5 Å². The first-order valence-electron chi connectivity index (χ1n) is 5.16. The average Bonchev–Trinajstić information content (AvgIpc) is 2.85. The summed E-state index contributed by atoms with van der Waals surface area (Å²) in [5.74, 6) is 0. The molecule has 0 fully saturated rings. The maximum absolute atomic E-state index is 4.35. The van der Waals surface area contributed by atoms with Crippen molar-refractivity contribution in [1.29, 1.82) is 0 Å². The van der Waals surface area contributed by atoms with E-state index in [1.54, 1.807) is 6.33 Å². The van der Waals surface area contributed by atoms with Crippen LogP contribution in [0.15, 0.2) is 31.0 Å². The largest absolute Gasteiger partial charge is 0.345 e. The van der Waals surface area contributed by atoms with Gasteiger partial charge in [-0.2, -0.15) is 0 Å². The first kappa shape index (κ1) is 9.15. The van der Waals surface area contributed by atoms with E-state index in [0.717, 1.165) is 22.3 Å². The van der Waals surface area contributed by atoms with Gasteiger partial charge in [0.15, 0.2) is 0 Å². The summed E-state index contributed by atoms with van der Waals surface area (Å²) >= 11 is 0. The first-order valence-corrected chi connectivity index (χ1v) is 5.16. The number of benzene rings is 1. The lowest BCUT2D eigenvalue weighted by Crippen LogP contribution is -1.83. The topological polar surface area (TPSA) is 46.5 Å². The van der Waals surface area contributed by atoms with Crippen molar-refractivity contribution in [3.8, 4) is 11.3 Å².